The van der Waals surface area contributed by atoms with Crippen molar-refractivity contribution in [3.8, 4) is 0 Å². The zero-order valence-corrected chi connectivity index (χ0v) is 18.1. The first-order chi connectivity index (χ1) is 13.8. The number of aliphatic hydroxyl groups is 1. The Morgan fingerprint density at radius 3 is 2.59 bits per heavy atom. The van der Waals surface area contributed by atoms with E-state index in [9.17, 15) is 19.8 Å². The van der Waals surface area contributed by atoms with E-state index in [0.29, 0.717) is 11.3 Å². The molecule has 0 aromatic carbocycles. The Morgan fingerprint density at radius 2 is 1.97 bits per heavy atom. The summed E-state index contributed by atoms with van der Waals surface area (Å²) in [7, 11) is 0. The molecule has 0 bridgehead atoms. The molecule has 1 aliphatic carbocycles. The van der Waals surface area contributed by atoms with Crippen molar-refractivity contribution in [1.82, 2.24) is 9.80 Å². The average Bonchev–Trinajstić information content (AvgIpc) is 3.18. The number of carbonyl (C=O) groups excluding carboxylic acids is 1. The third-order valence-electron chi connectivity index (χ3n) is 7.24. The summed E-state index contributed by atoms with van der Waals surface area (Å²) in [4.78, 5) is 29.2. The second-order valence-corrected chi connectivity index (χ2v) is 10.7. The number of thioether (sulfide) groups is 1. The number of amides is 1. The van der Waals surface area contributed by atoms with Crippen molar-refractivity contribution in [3.63, 3.8) is 0 Å². The molecule has 29 heavy (non-hydrogen) atoms. The maximum atomic E-state index is 12.5. The van der Waals surface area contributed by atoms with Gasteiger partial charge in [-0.15, -0.1) is 11.8 Å². The monoisotopic (exact) mass is 423 g/mol. The second kappa shape index (κ2) is 8.21. The molecular weight excluding hydrogens is 390 g/mol. The molecule has 0 radical (unpaired) electrons. The summed E-state index contributed by atoms with van der Waals surface area (Å²) in [6.07, 6.45) is 4.95. The first kappa shape index (κ1) is 21.2. The maximum Gasteiger partial charge on any atom is 0.353 e. The van der Waals surface area contributed by atoms with Crippen LogP contribution in [0.3, 0.4) is 0 Å². The van der Waals surface area contributed by atoms with Gasteiger partial charge in [-0.2, -0.15) is 0 Å². The van der Waals surface area contributed by atoms with Crippen LogP contribution >= 0.6 is 11.8 Å². The van der Waals surface area contributed by atoms with Crippen LogP contribution in [0.15, 0.2) is 10.6 Å². The van der Waals surface area contributed by atoms with E-state index < -0.39 is 18.0 Å². The number of likely N-dealkylation sites (tertiary alicyclic amines) is 1. The van der Waals surface area contributed by atoms with Crippen molar-refractivity contribution in [2.24, 2.45) is 23.5 Å². The van der Waals surface area contributed by atoms with E-state index in [-0.39, 0.29) is 23.6 Å². The lowest BCUT2D eigenvalue weighted by molar-refractivity contribution is -0.163. The van der Waals surface area contributed by atoms with Gasteiger partial charge in [0, 0.05) is 35.2 Å². The molecule has 3 fully saturated rings. The van der Waals surface area contributed by atoms with E-state index in [1.54, 1.807) is 18.7 Å². The van der Waals surface area contributed by atoms with E-state index in [2.05, 4.69) is 4.90 Å². The van der Waals surface area contributed by atoms with Crippen molar-refractivity contribution in [3.05, 3.63) is 10.6 Å². The number of nitrogens with two attached hydrogens (primary N) is 1. The smallest absolute Gasteiger partial charge is 0.353 e. The van der Waals surface area contributed by atoms with Gasteiger partial charge in [0.1, 0.15) is 5.70 Å². The summed E-state index contributed by atoms with van der Waals surface area (Å²) in [6.45, 7) is 6.74. The molecule has 4 N–H and O–H groups in total. The van der Waals surface area contributed by atoms with Crippen LogP contribution in [0.5, 0.6) is 0 Å². The number of β-lactam (4-membered cyclic amide) rings is 1. The molecule has 5 atom stereocenters. The summed E-state index contributed by atoms with van der Waals surface area (Å²) < 4.78 is 0. The summed E-state index contributed by atoms with van der Waals surface area (Å²) in [5.74, 6) is -1.10. The molecule has 0 aromatic heterocycles. The lowest BCUT2D eigenvalue weighted by atomic mass is 9.79. The predicted octanol–water partition coefficient (Wildman–Crippen LogP) is 1.47. The Bertz CT molecular complexity index is 704. The average molecular weight is 424 g/mol. The summed E-state index contributed by atoms with van der Waals surface area (Å²) in [5.41, 5.74) is 6.17. The van der Waals surface area contributed by atoms with Crippen LogP contribution in [-0.4, -0.2) is 75.0 Å². The van der Waals surface area contributed by atoms with Gasteiger partial charge in [-0.3, -0.25) is 4.79 Å². The standard InChI is InChI=1S/C21H33N3O4S/c1-11-17-16(12(2)25)20(26)24(17)18(21(27)28)19(11)29-15-7-8-23(10-15)9-13-3-5-14(22)6-4-13/h11-17,25H,3-10,22H2,1-2H3,(H,27,28)/t11-,12-,13-,14+,15-,16-,17-/m1/s1. The van der Waals surface area contributed by atoms with Gasteiger partial charge < -0.3 is 25.7 Å². The van der Waals surface area contributed by atoms with Crippen LogP contribution < -0.4 is 5.73 Å². The SMILES string of the molecule is C[C@@H](O)[C@H]1C(=O)N2C(C(=O)O)=C(S[C@@H]3CCN(C[C@H]4CC[C@@H](N)CC4)C3)[C@H](C)[C@H]12. The van der Waals surface area contributed by atoms with Gasteiger partial charge >= 0.3 is 5.97 Å². The molecular formula is C21H33N3O4S. The van der Waals surface area contributed by atoms with Gasteiger partial charge in [0.05, 0.1) is 18.1 Å². The highest BCUT2D eigenvalue weighted by Crippen LogP contribution is 2.51. The molecule has 0 spiro atoms. The summed E-state index contributed by atoms with van der Waals surface area (Å²) >= 11 is 1.65. The fourth-order valence-electron chi connectivity index (χ4n) is 5.65. The number of rotatable bonds is 6. The summed E-state index contributed by atoms with van der Waals surface area (Å²) in [5, 5.41) is 20.1. The number of carboxylic acid groups (broad SMARTS) is 1. The van der Waals surface area contributed by atoms with Crippen LogP contribution in [0.1, 0.15) is 46.0 Å². The molecule has 1 amide bonds. The minimum absolute atomic E-state index is 0.0442. The van der Waals surface area contributed by atoms with E-state index in [4.69, 9.17) is 5.73 Å². The number of nitrogens with zero attached hydrogens (tertiary/aromatic N) is 2. The quantitative estimate of drug-likeness (QED) is 0.555. The topological polar surface area (TPSA) is 107 Å². The number of carboxylic acids is 1. The minimum atomic E-state index is -1.03. The Morgan fingerprint density at radius 1 is 1.28 bits per heavy atom. The fraction of sp³-hybridized carbons (Fsp3) is 0.810. The summed E-state index contributed by atoms with van der Waals surface area (Å²) in [6, 6.07) is 0.150. The Balaban J connectivity index is 1.40. The molecule has 3 aliphatic heterocycles. The van der Waals surface area contributed by atoms with Crippen LogP contribution in [0.25, 0.3) is 0 Å². The van der Waals surface area contributed by atoms with Crippen molar-refractivity contribution in [2.45, 2.75) is 69.4 Å². The first-order valence-corrected chi connectivity index (χ1v) is 11.8. The molecule has 8 heteroatoms. The van der Waals surface area contributed by atoms with Crippen LogP contribution in [0.4, 0.5) is 0 Å². The molecule has 1 saturated carbocycles. The molecule has 0 aromatic rings. The number of hydrogen-bond acceptors (Lipinski definition) is 6. The fourth-order valence-corrected chi connectivity index (χ4v) is 7.17. The van der Waals surface area contributed by atoms with Crippen LogP contribution in [-0.2, 0) is 9.59 Å². The van der Waals surface area contributed by atoms with Crippen LogP contribution in [0, 0.1) is 17.8 Å². The number of fused-ring (bicyclic) bond motifs is 1. The van der Waals surface area contributed by atoms with E-state index in [1.807, 2.05) is 6.92 Å². The van der Waals surface area contributed by atoms with Crippen molar-refractivity contribution < 1.29 is 19.8 Å². The van der Waals surface area contributed by atoms with Gasteiger partial charge in [-0.05, 0) is 51.5 Å². The highest BCUT2D eigenvalue weighted by Gasteiger charge is 2.60. The number of carbonyl (C=O) groups is 2. The largest absolute Gasteiger partial charge is 0.477 e. The third-order valence-corrected chi connectivity index (χ3v) is 8.78. The van der Waals surface area contributed by atoms with Gasteiger partial charge in [0.2, 0.25) is 5.91 Å². The van der Waals surface area contributed by atoms with E-state index >= 15 is 0 Å². The Hall–Kier alpha value is -1.09. The molecule has 4 aliphatic rings. The number of aliphatic carboxylic acids is 1. The molecule has 3 heterocycles. The highest BCUT2D eigenvalue weighted by molar-refractivity contribution is 8.03. The van der Waals surface area contributed by atoms with Crippen molar-refractivity contribution >= 4 is 23.6 Å². The molecule has 2 saturated heterocycles. The van der Waals surface area contributed by atoms with E-state index in [0.717, 1.165) is 49.7 Å². The van der Waals surface area contributed by atoms with Crippen molar-refractivity contribution in [2.75, 3.05) is 19.6 Å². The zero-order valence-electron chi connectivity index (χ0n) is 17.3. The van der Waals surface area contributed by atoms with Crippen LogP contribution in [0.2, 0.25) is 0 Å². The normalized spacial score (nSPS) is 38.9. The zero-order chi connectivity index (χ0) is 20.9. The first-order valence-electron chi connectivity index (χ1n) is 10.9. The van der Waals surface area contributed by atoms with Gasteiger partial charge in [0.15, 0.2) is 0 Å². The number of aliphatic hydroxyl groups excluding tert-OH is 1. The molecule has 162 valence electrons. The Labute approximate surface area is 176 Å². The molecule has 0 unspecified atom stereocenters. The maximum absolute atomic E-state index is 12.5. The van der Waals surface area contributed by atoms with E-state index in [1.165, 1.54) is 17.7 Å². The lowest BCUT2D eigenvalue weighted by Gasteiger charge is -2.46. The highest BCUT2D eigenvalue weighted by atomic mass is 32.2. The molecule has 4 rings (SSSR count). The lowest BCUT2D eigenvalue weighted by Crippen LogP contribution is -2.63. The van der Waals surface area contributed by atoms with Gasteiger partial charge in [-0.1, -0.05) is 6.92 Å². The van der Waals surface area contributed by atoms with Crippen molar-refractivity contribution in [1.29, 1.82) is 0 Å². The van der Waals surface area contributed by atoms with Gasteiger partial charge in [0.25, 0.3) is 0 Å². The third kappa shape index (κ3) is 3.84. The second-order valence-electron chi connectivity index (χ2n) is 9.34. The minimum Gasteiger partial charge on any atom is -0.477 e. The number of hydrogen-bond donors (Lipinski definition) is 3. The van der Waals surface area contributed by atoms with Gasteiger partial charge in [-0.25, -0.2) is 4.79 Å². The Kier molecular flexibility index (Phi) is 5.99. The molecule has 7 nitrogen and oxygen atoms in total. The predicted molar refractivity (Wildman–Crippen MR) is 112 cm³/mol.